The summed E-state index contributed by atoms with van der Waals surface area (Å²) in [6.45, 7) is 1.65. The Hall–Kier alpha value is -2.17. The van der Waals surface area contributed by atoms with Gasteiger partial charge in [0.15, 0.2) is 0 Å². The third-order valence-corrected chi connectivity index (χ3v) is 2.84. The Morgan fingerprint density at radius 2 is 2.18 bits per heavy atom. The molecule has 0 aliphatic heterocycles. The molecule has 2 rings (SSSR count). The van der Waals surface area contributed by atoms with E-state index < -0.39 is 12.0 Å². The minimum atomic E-state index is -0.855. The molecule has 1 atom stereocenters. The van der Waals surface area contributed by atoms with Crippen LogP contribution in [0, 0.1) is 0 Å². The Morgan fingerprint density at radius 1 is 1.41 bits per heavy atom. The molecule has 0 bridgehead atoms. The molecule has 0 aromatic carbocycles. The van der Waals surface area contributed by atoms with Crippen molar-refractivity contribution in [3.8, 4) is 0 Å². The lowest BCUT2D eigenvalue weighted by molar-refractivity contribution is -0.138. The standard InChI is InChI=1S/C12H13N3O2/c1-8(12(16)17)15(2)11-4-6-14-10-7-13-5-3-9(10)11/h3-8H,1-2H3,(H,16,17). The minimum Gasteiger partial charge on any atom is -0.480 e. The number of carboxylic acids is 1. The van der Waals surface area contributed by atoms with Crippen LogP contribution in [0.3, 0.4) is 0 Å². The highest BCUT2D eigenvalue weighted by atomic mass is 16.4. The number of anilines is 1. The van der Waals surface area contributed by atoms with Crippen molar-refractivity contribution in [3.05, 3.63) is 30.7 Å². The molecule has 0 aliphatic carbocycles. The first-order valence-electron chi connectivity index (χ1n) is 5.25. The second kappa shape index (κ2) is 4.37. The molecule has 0 fully saturated rings. The number of aliphatic carboxylic acids is 1. The van der Waals surface area contributed by atoms with Crippen LogP contribution in [-0.2, 0) is 4.79 Å². The average molecular weight is 231 g/mol. The van der Waals surface area contributed by atoms with Crippen molar-refractivity contribution in [2.45, 2.75) is 13.0 Å². The molecule has 5 nitrogen and oxygen atoms in total. The molecule has 1 N–H and O–H groups in total. The molecule has 2 heterocycles. The fourth-order valence-electron chi connectivity index (χ4n) is 1.67. The van der Waals surface area contributed by atoms with Gasteiger partial charge in [0.2, 0.25) is 0 Å². The molecule has 0 radical (unpaired) electrons. The van der Waals surface area contributed by atoms with Crippen molar-refractivity contribution in [1.82, 2.24) is 9.97 Å². The number of hydrogen-bond acceptors (Lipinski definition) is 4. The van der Waals surface area contributed by atoms with Gasteiger partial charge in [0, 0.05) is 30.5 Å². The van der Waals surface area contributed by atoms with Crippen LogP contribution >= 0.6 is 0 Å². The summed E-state index contributed by atoms with van der Waals surface area (Å²) < 4.78 is 0. The molecule has 0 spiro atoms. The van der Waals surface area contributed by atoms with E-state index in [1.807, 2.05) is 12.1 Å². The first-order valence-corrected chi connectivity index (χ1v) is 5.25. The lowest BCUT2D eigenvalue weighted by Crippen LogP contribution is -2.35. The van der Waals surface area contributed by atoms with E-state index in [-0.39, 0.29) is 0 Å². The summed E-state index contributed by atoms with van der Waals surface area (Å²) in [5.41, 5.74) is 1.60. The molecule has 0 saturated carbocycles. The van der Waals surface area contributed by atoms with Crippen LogP contribution in [0.4, 0.5) is 5.69 Å². The summed E-state index contributed by atoms with van der Waals surface area (Å²) >= 11 is 0. The number of pyridine rings is 2. The van der Waals surface area contributed by atoms with E-state index in [0.717, 1.165) is 16.6 Å². The predicted octanol–water partition coefficient (Wildman–Crippen LogP) is 1.54. The molecular weight excluding hydrogens is 218 g/mol. The summed E-state index contributed by atoms with van der Waals surface area (Å²) in [6.07, 6.45) is 5.00. The summed E-state index contributed by atoms with van der Waals surface area (Å²) in [4.78, 5) is 20.9. The quantitative estimate of drug-likeness (QED) is 0.867. The van der Waals surface area contributed by atoms with Gasteiger partial charge in [-0.15, -0.1) is 0 Å². The molecule has 0 amide bonds. The Morgan fingerprint density at radius 3 is 2.88 bits per heavy atom. The van der Waals surface area contributed by atoms with Crippen molar-refractivity contribution in [3.63, 3.8) is 0 Å². The van der Waals surface area contributed by atoms with Gasteiger partial charge < -0.3 is 10.0 Å². The van der Waals surface area contributed by atoms with Gasteiger partial charge in [-0.3, -0.25) is 9.97 Å². The zero-order chi connectivity index (χ0) is 12.4. The largest absolute Gasteiger partial charge is 0.480 e. The lowest BCUT2D eigenvalue weighted by atomic mass is 10.2. The van der Waals surface area contributed by atoms with Crippen LogP contribution in [0.1, 0.15) is 6.92 Å². The topological polar surface area (TPSA) is 66.3 Å². The summed E-state index contributed by atoms with van der Waals surface area (Å²) in [5.74, 6) is -0.855. The molecule has 2 aromatic heterocycles. The maximum atomic E-state index is 11.0. The van der Waals surface area contributed by atoms with Gasteiger partial charge in [-0.25, -0.2) is 4.79 Å². The molecule has 17 heavy (non-hydrogen) atoms. The maximum Gasteiger partial charge on any atom is 0.326 e. The van der Waals surface area contributed by atoms with E-state index in [0.29, 0.717) is 0 Å². The Bertz CT molecular complexity index is 551. The van der Waals surface area contributed by atoms with Gasteiger partial charge in [-0.1, -0.05) is 0 Å². The van der Waals surface area contributed by atoms with Gasteiger partial charge in [0.05, 0.1) is 11.7 Å². The summed E-state index contributed by atoms with van der Waals surface area (Å²) in [7, 11) is 1.76. The second-order valence-electron chi connectivity index (χ2n) is 3.85. The van der Waals surface area contributed by atoms with Crippen molar-refractivity contribution in [2.24, 2.45) is 0 Å². The maximum absolute atomic E-state index is 11.0. The van der Waals surface area contributed by atoms with Crippen LogP contribution in [0.2, 0.25) is 0 Å². The van der Waals surface area contributed by atoms with E-state index in [1.165, 1.54) is 0 Å². The van der Waals surface area contributed by atoms with E-state index in [9.17, 15) is 4.79 Å². The van der Waals surface area contributed by atoms with Crippen LogP contribution in [0.25, 0.3) is 10.9 Å². The van der Waals surface area contributed by atoms with Gasteiger partial charge in [0.1, 0.15) is 6.04 Å². The van der Waals surface area contributed by atoms with E-state index >= 15 is 0 Å². The molecule has 88 valence electrons. The smallest absolute Gasteiger partial charge is 0.326 e. The van der Waals surface area contributed by atoms with Gasteiger partial charge in [-0.2, -0.15) is 0 Å². The molecular formula is C12H13N3O2. The fourth-order valence-corrected chi connectivity index (χ4v) is 1.67. The van der Waals surface area contributed by atoms with E-state index in [4.69, 9.17) is 5.11 Å². The second-order valence-corrected chi connectivity index (χ2v) is 3.85. The number of carboxylic acid groups (broad SMARTS) is 1. The van der Waals surface area contributed by atoms with Gasteiger partial charge >= 0.3 is 5.97 Å². The van der Waals surface area contributed by atoms with Crippen LogP contribution in [-0.4, -0.2) is 34.1 Å². The van der Waals surface area contributed by atoms with Crippen molar-refractivity contribution < 1.29 is 9.90 Å². The highest BCUT2D eigenvalue weighted by Gasteiger charge is 2.18. The lowest BCUT2D eigenvalue weighted by Gasteiger charge is -2.24. The van der Waals surface area contributed by atoms with Gasteiger partial charge in [-0.05, 0) is 19.1 Å². The Kier molecular flexibility index (Phi) is 2.91. The number of rotatable bonds is 3. The number of aromatic nitrogens is 2. The van der Waals surface area contributed by atoms with Crippen molar-refractivity contribution >= 4 is 22.6 Å². The zero-order valence-electron chi connectivity index (χ0n) is 9.66. The van der Waals surface area contributed by atoms with Crippen molar-refractivity contribution in [2.75, 3.05) is 11.9 Å². The van der Waals surface area contributed by atoms with Crippen LogP contribution in [0.15, 0.2) is 30.7 Å². The number of hydrogen-bond donors (Lipinski definition) is 1. The fraction of sp³-hybridized carbons (Fsp3) is 0.250. The van der Waals surface area contributed by atoms with Gasteiger partial charge in [0.25, 0.3) is 0 Å². The first-order chi connectivity index (χ1) is 8.11. The predicted molar refractivity (Wildman–Crippen MR) is 65.0 cm³/mol. The Balaban J connectivity index is 2.52. The van der Waals surface area contributed by atoms with Crippen LogP contribution < -0.4 is 4.90 Å². The molecule has 0 saturated heterocycles. The van der Waals surface area contributed by atoms with E-state index in [2.05, 4.69) is 9.97 Å². The minimum absolute atomic E-state index is 0.589. The third kappa shape index (κ3) is 2.04. The SMILES string of the molecule is CC(C(=O)O)N(C)c1ccnc2cnccc12. The summed E-state index contributed by atoms with van der Waals surface area (Å²) in [6, 6.07) is 3.05. The number of likely N-dealkylation sites (N-methyl/N-ethyl adjacent to an activating group) is 1. The molecule has 2 aromatic rings. The number of carbonyl (C=O) groups is 1. The van der Waals surface area contributed by atoms with Crippen molar-refractivity contribution in [1.29, 1.82) is 0 Å². The highest BCUT2D eigenvalue weighted by molar-refractivity contribution is 5.92. The summed E-state index contributed by atoms with van der Waals surface area (Å²) in [5, 5.41) is 9.92. The zero-order valence-corrected chi connectivity index (χ0v) is 9.66. The molecule has 1 unspecified atom stereocenters. The third-order valence-electron chi connectivity index (χ3n) is 2.84. The average Bonchev–Trinajstić information content (AvgIpc) is 2.36. The number of nitrogens with zero attached hydrogens (tertiary/aromatic N) is 3. The normalized spacial score (nSPS) is 12.4. The first kappa shape index (κ1) is 11.3. The molecule has 0 aliphatic rings. The molecule has 5 heteroatoms. The van der Waals surface area contributed by atoms with Crippen LogP contribution in [0.5, 0.6) is 0 Å². The Labute approximate surface area is 98.7 Å². The van der Waals surface area contributed by atoms with E-state index in [1.54, 1.807) is 37.5 Å². The highest BCUT2D eigenvalue weighted by Crippen LogP contribution is 2.24. The monoisotopic (exact) mass is 231 g/mol. The number of fused-ring (bicyclic) bond motifs is 1.